The van der Waals surface area contributed by atoms with Gasteiger partial charge in [-0.1, -0.05) is 19.4 Å². The van der Waals surface area contributed by atoms with E-state index in [9.17, 15) is 0 Å². The molecule has 0 radical (unpaired) electrons. The Kier molecular flexibility index (Phi) is 5.58. The average Bonchev–Trinajstić information content (AvgIpc) is 2.53. The molecule has 0 fully saturated rings. The second kappa shape index (κ2) is 7.64. The Morgan fingerprint density at radius 1 is 1.23 bits per heavy atom. The number of hydrogen-bond acceptors (Lipinski definition) is 5. The second-order valence-electron chi connectivity index (χ2n) is 5.37. The molecule has 5 heteroatoms. The highest BCUT2D eigenvalue weighted by Gasteiger charge is 2.07. The van der Waals surface area contributed by atoms with Gasteiger partial charge in [0.25, 0.3) is 0 Å². The quantitative estimate of drug-likeness (QED) is 0.843. The van der Waals surface area contributed by atoms with Gasteiger partial charge < -0.3 is 15.0 Å². The number of nitrogens with zero attached hydrogens (tertiary/aromatic N) is 3. The first-order valence-electron chi connectivity index (χ1n) is 7.59. The van der Waals surface area contributed by atoms with Crippen molar-refractivity contribution >= 4 is 17.3 Å². The molecule has 0 saturated heterocycles. The molecule has 1 aromatic carbocycles. The third-order valence-electron chi connectivity index (χ3n) is 3.51. The highest BCUT2D eigenvalue weighted by Crippen LogP contribution is 2.28. The van der Waals surface area contributed by atoms with Crippen LogP contribution in [0.15, 0.2) is 30.6 Å². The number of aromatic nitrogens is 2. The SMILES string of the molecule is CCCCN(C)c1cc(Nc2cc(C)ccc2OC)ncn1. The number of hydrogen-bond donors (Lipinski definition) is 1. The zero-order valence-electron chi connectivity index (χ0n) is 13.8. The first kappa shape index (κ1) is 16.1. The van der Waals surface area contributed by atoms with Crippen molar-refractivity contribution in [2.75, 3.05) is 30.9 Å². The number of ether oxygens (including phenoxy) is 1. The fraction of sp³-hybridized carbons (Fsp3) is 0.412. The van der Waals surface area contributed by atoms with Gasteiger partial charge in [0.1, 0.15) is 23.7 Å². The molecule has 0 unspecified atom stereocenters. The van der Waals surface area contributed by atoms with Crippen LogP contribution >= 0.6 is 0 Å². The Labute approximate surface area is 132 Å². The van der Waals surface area contributed by atoms with E-state index in [4.69, 9.17) is 4.74 Å². The lowest BCUT2D eigenvalue weighted by atomic mass is 10.2. The predicted molar refractivity (Wildman–Crippen MR) is 91.2 cm³/mol. The molecule has 0 aliphatic rings. The summed E-state index contributed by atoms with van der Waals surface area (Å²) in [7, 11) is 3.72. The van der Waals surface area contributed by atoms with Crippen molar-refractivity contribution < 1.29 is 4.74 Å². The summed E-state index contributed by atoms with van der Waals surface area (Å²) in [5.41, 5.74) is 2.07. The van der Waals surface area contributed by atoms with Crippen LogP contribution in [0.5, 0.6) is 5.75 Å². The Hall–Kier alpha value is -2.30. The van der Waals surface area contributed by atoms with Gasteiger partial charge in [-0.25, -0.2) is 9.97 Å². The smallest absolute Gasteiger partial charge is 0.142 e. The predicted octanol–water partition coefficient (Wildman–Crippen LogP) is 3.77. The topological polar surface area (TPSA) is 50.3 Å². The van der Waals surface area contributed by atoms with E-state index in [0.29, 0.717) is 0 Å². The monoisotopic (exact) mass is 300 g/mol. The average molecular weight is 300 g/mol. The molecule has 0 bridgehead atoms. The van der Waals surface area contributed by atoms with Gasteiger partial charge >= 0.3 is 0 Å². The molecule has 0 atom stereocenters. The number of rotatable bonds is 7. The van der Waals surface area contributed by atoms with Crippen LogP contribution in [0, 0.1) is 6.92 Å². The molecule has 0 aliphatic heterocycles. The van der Waals surface area contributed by atoms with E-state index in [1.165, 1.54) is 6.42 Å². The fourth-order valence-electron chi connectivity index (χ4n) is 2.19. The molecule has 118 valence electrons. The van der Waals surface area contributed by atoms with E-state index in [1.54, 1.807) is 13.4 Å². The van der Waals surface area contributed by atoms with Gasteiger partial charge in [-0.2, -0.15) is 0 Å². The molecule has 0 spiro atoms. The molecule has 1 N–H and O–H groups in total. The van der Waals surface area contributed by atoms with E-state index in [2.05, 4.69) is 41.1 Å². The van der Waals surface area contributed by atoms with Crippen LogP contribution in [0.3, 0.4) is 0 Å². The molecule has 0 aliphatic carbocycles. The Morgan fingerprint density at radius 2 is 2.05 bits per heavy atom. The molecule has 0 saturated carbocycles. The largest absolute Gasteiger partial charge is 0.495 e. The minimum Gasteiger partial charge on any atom is -0.495 e. The van der Waals surface area contributed by atoms with Crippen LogP contribution in [-0.2, 0) is 0 Å². The molecule has 2 rings (SSSR count). The molecule has 1 heterocycles. The molecule has 1 aromatic heterocycles. The Morgan fingerprint density at radius 3 is 2.77 bits per heavy atom. The van der Waals surface area contributed by atoms with E-state index in [0.717, 1.165) is 41.6 Å². The minimum absolute atomic E-state index is 0.761. The summed E-state index contributed by atoms with van der Waals surface area (Å²) < 4.78 is 5.39. The highest BCUT2D eigenvalue weighted by atomic mass is 16.5. The first-order valence-corrected chi connectivity index (χ1v) is 7.59. The molecule has 22 heavy (non-hydrogen) atoms. The first-order chi connectivity index (χ1) is 10.6. The van der Waals surface area contributed by atoms with Crippen molar-refractivity contribution in [2.45, 2.75) is 26.7 Å². The second-order valence-corrected chi connectivity index (χ2v) is 5.37. The van der Waals surface area contributed by atoms with Crippen LogP contribution in [0.25, 0.3) is 0 Å². The van der Waals surface area contributed by atoms with E-state index < -0.39 is 0 Å². The summed E-state index contributed by atoms with van der Waals surface area (Å²) in [5.74, 6) is 2.47. The maximum absolute atomic E-state index is 5.39. The molecular weight excluding hydrogens is 276 g/mol. The van der Waals surface area contributed by atoms with Crippen LogP contribution < -0.4 is 15.0 Å². The lowest BCUT2D eigenvalue weighted by Gasteiger charge is -2.18. The number of aryl methyl sites for hydroxylation is 1. The van der Waals surface area contributed by atoms with E-state index in [-0.39, 0.29) is 0 Å². The van der Waals surface area contributed by atoms with Crippen LogP contribution in [-0.4, -0.2) is 30.7 Å². The van der Waals surface area contributed by atoms with Crippen LogP contribution in [0.4, 0.5) is 17.3 Å². The van der Waals surface area contributed by atoms with Crippen molar-refractivity contribution in [3.05, 3.63) is 36.2 Å². The standard InChI is InChI=1S/C17H24N4O/c1-5-6-9-21(3)17-11-16(18-12-19-17)20-14-10-13(2)7-8-15(14)22-4/h7-8,10-12H,5-6,9H2,1-4H3,(H,18,19,20). The maximum Gasteiger partial charge on any atom is 0.142 e. The van der Waals surface area contributed by atoms with Gasteiger partial charge in [0.05, 0.1) is 12.8 Å². The van der Waals surface area contributed by atoms with Crippen molar-refractivity contribution in [1.82, 2.24) is 9.97 Å². The zero-order valence-corrected chi connectivity index (χ0v) is 13.8. The van der Waals surface area contributed by atoms with E-state index >= 15 is 0 Å². The van der Waals surface area contributed by atoms with Gasteiger partial charge in [0.2, 0.25) is 0 Å². The third kappa shape index (κ3) is 4.10. The molecule has 0 amide bonds. The Balaban J connectivity index is 2.18. The number of benzene rings is 1. The lowest BCUT2D eigenvalue weighted by Crippen LogP contribution is -2.19. The third-order valence-corrected chi connectivity index (χ3v) is 3.51. The van der Waals surface area contributed by atoms with Gasteiger partial charge in [0, 0.05) is 19.7 Å². The normalized spacial score (nSPS) is 10.4. The number of methoxy groups -OCH3 is 1. The van der Waals surface area contributed by atoms with Gasteiger partial charge in [-0.05, 0) is 31.0 Å². The zero-order chi connectivity index (χ0) is 15.9. The van der Waals surface area contributed by atoms with Gasteiger partial charge in [0.15, 0.2) is 0 Å². The Bertz CT molecular complexity index is 615. The van der Waals surface area contributed by atoms with Crippen molar-refractivity contribution in [3.8, 4) is 5.75 Å². The van der Waals surface area contributed by atoms with Crippen LogP contribution in [0.1, 0.15) is 25.3 Å². The number of anilines is 3. The maximum atomic E-state index is 5.39. The number of nitrogens with one attached hydrogen (secondary N) is 1. The summed E-state index contributed by atoms with van der Waals surface area (Å²) in [5, 5.41) is 3.31. The molecule has 2 aromatic rings. The van der Waals surface area contributed by atoms with Crippen molar-refractivity contribution in [2.24, 2.45) is 0 Å². The summed E-state index contributed by atoms with van der Waals surface area (Å²) in [6, 6.07) is 7.97. The number of unbranched alkanes of at least 4 members (excludes halogenated alkanes) is 1. The van der Waals surface area contributed by atoms with Crippen molar-refractivity contribution in [3.63, 3.8) is 0 Å². The van der Waals surface area contributed by atoms with Gasteiger partial charge in [-0.3, -0.25) is 0 Å². The summed E-state index contributed by atoms with van der Waals surface area (Å²) in [6.45, 7) is 5.22. The summed E-state index contributed by atoms with van der Waals surface area (Å²) in [6.07, 6.45) is 3.90. The molecular formula is C17H24N4O. The fourth-order valence-corrected chi connectivity index (χ4v) is 2.19. The van der Waals surface area contributed by atoms with E-state index in [1.807, 2.05) is 24.3 Å². The minimum atomic E-state index is 0.761. The highest BCUT2D eigenvalue weighted by molar-refractivity contribution is 5.66. The molecule has 5 nitrogen and oxygen atoms in total. The summed E-state index contributed by atoms with van der Waals surface area (Å²) in [4.78, 5) is 10.8. The van der Waals surface area contributed by atoms with Crippen LogP contribution in [0.2, 0.25) is 0 Å². The summed E-state index contributed by atoms with van der Waals surface area (Å²) >= 11 is 0. The van der Waals surface area contributed by atoms with Crippen molar-refractivity contribution in [1.29, 1.82) is 0 Å². The van der Waals surface area contributed by atoms with Gasteiger partial charge in [-0.15, -0.1) is 0 Å². The lowest BCUT2D eigenvalue weighted by molar-refractivity contribution is 0.416.